The number of hydrogen-bond acceptors (Lipinski definition) is 4. The van der Waals surface area contributed by atoms with Crippen LogP contribution in [0.25, 0.3) is 0 Å². The second-order valence-corrected chi connectivity index (χ2v) is 4.96. The maximum absolute atomic E-state index is 5.80. The van der Waals surface area contributed by atoms with E-state index in [1.54, 1.807) is 13.4 Å². The third kappa shape index (κ3) is 4.26. The van der Waals surface area contributed by atoms with Crippen LogP contribution in [0.2, 0.25) is 0 Å². The summed E-state index contributed by atoms with van der Waals surface area (Å²) in [5.74, 6) is 1.78. The molecule has 0 aliphatic carbocycles. The van der Waals surface area contributed by atoms with Gasteiger partial charge in [0.25, 0.3) is 0 Å². The van der Waals surface area contributed by atoms with Gasteiger partial charge in [-0.3, -0.25) is 0 Å². The van der Waals surface area contributed by atoms with Crippen LogP contribution in [0.15, 0.2) is 41.0 Å². The largest absolute Gasteiger partial charge is 0.489 e. The smallest absolute Gasteiger partial charge is 0.142 e. The van der Waals surface area contributed by atoms with Gasteiger partial charge in [-0.15, -0.1) is 0 Å². The zero-order valence-corrected chi connectivity index (χ0v) is 12.9. The highest BCUT2D eigenvalue weighted by atomic mass is 16.5. The molecule has 0 radical (unpaired) electrons. The Morgan fingerprint density at radius 3 is 2.76 bits per heavy atom. The van der Waals surface area contributed by atoms with Crippen LogP contribution in [0.1, 0.15) is 30.7 Å². The monoisotopic (exact) mass is 289 g/mol. The van der Waals surface area contributed by atoms with Crippen molar-refractivity contribution in [1.29, 1.82) is 0 Å². The second kappa shape index (κ2) is 7.74. The molecule has 1 heterocycles. The Balaban J connectivity index is 2.14. The van der Waals surface area contributed by atoms with Crippen molar-refractivity contribution in [3.8, 4) is 5.75 Å². The normalized spacial score (nSPS) is 12.1. The van der Waals surface area contributed by atoms with E-state index in [2.05, 4.69) is 25.2 Å². The van der Waals surface area contributed by atoms with Gasteiger partial charge in [0.1, 0.15) is 18.1 Å². The highest BCUT2D eigenvalue weighted by Gasteiger charge is 2.14. The van der Waals surface area contributed by atoms with Crippen molar-refractivity contribution in [2.24, 2.45) is 0 Å². The molecule has 0 aliphatic heterocycles. The summed E-state index contributed by atoms with van der Waals surface area (Å²) < 4.78 is 16.3. The summed E-state index contributed by atoms with van der Waals surface area (Å²) in [6, 6.07) is 10.2. The van der Waals surface area contributed by atoms with Gasteiger partial charge < -0.3 is 19.2 Å². The van der Waals surface area contributed by atoms with Crippen LogP contribution in [-0.4, -0.2) is 20.3 Å². The molecule has 0 saturated heterocycles. The molecule has 0 aliphatic rings. The summed E-state index contributed by atoms with van der Waals surface area (Å²) >= 11 is 0. The molecule has 0 fully saturated rings. The molecule has 1 unspecified atom stereocenters. The second-order valence-electron chi connectivity index (χ2n) is 4.96. The molecule has 2 rings (SSSR count). The lowest BCUT2D eigenvalue weighted by Crippen LogP contribution is -2.11. The molecule has 114 valence electrons. The van der Waals surface area contributed by atoms with Gasteiger partial charge in [0.05, 0.1) is 24.6 Å². The Labute approximate surface area is 126 Å². The molecule has 4 heteroatoms. The van der Waals surface area contributed by atoms with E-state index in [1.165, 1.54) is 5.56 Å². The number of benzene rings is 1. The lowest BCUT2D eigenvalue weighted by Gasteiger charge is -2.19. The van der Waals surface area contributed by atoms with Gasteiger partial charge in [-0.2, -0.15) is 0 Å². The molecule has 0 amide bonds. The molecule has 1 atom stereocenters. The SMILES string of the molecule is CCC(Nc1ccc(C)cc1OCCOC)c1ccco1. The number of rotatable bonds is 8. The lowest BCUT2D eigenvalue weighted by atomic mass is 10.1. The fraction of sp³-hybridized carbons (Fsp3) is 0.412. The third-order valence-electron chi connectivity index (χ3n) is 3.31. The van der Waals surface area contributed by atoms with Crippen LogP contribution in [0.4, 0.5) is 5.69 Å². The number of nitrogens with one attached hydrogen (secondary N) is 1. The first-order chi connectivity index (χ1) is 10.2. The summed E-state index contributed by atoms with van der Waals surface area (Å²) in [5.41, 5.74) is 2.14. The molecular weight excluding hydrogens is 266 g/mol. The Bertz CT molecular complexity index is 537. The van der Waals surface area contributed by atoms with Crippen molar-refractivity contribution >= 4 is 5.69 Å². The van der Waals surface area contributed by atoms with E-state index in [9.17, 15) is 0 Å². The van der Waals surface area contributed by atoms with Crippen LogP contribution >= 0.6 is 0 Å². The first-order valence-electron chi connectivity index (χ1n) is 7.27. The van der Waals surface area contributed by atoms with Crippen molar-refractivity contribution in [1.82, 2.24) is 0 Å². The maximum Gasteiger partial charge on any atom is 0.142 e. The topological polar surface area (TPSA) is 43.6 Å². The number of ether oxygens (including phenoxy) is 2. The average molecular weight is 289 g/mol. The van der Waals surface area contributed by atoms with Gasteiger partial charge in [-0.25, -0.2) is 0 Å². The Morgan fingerprint density at radius 2 is 2.10 bits per heavy atom. The van der Waals surface area contributed by atoms with E-state index in [0.29, 0.717) is 13.2 Å². The predicted octanol–water partition coefficient (Wildman–Crippen LogP) is 4.18. The van der Waals surface area contributed by atoms with Crippen LogP contribution < -0.4 is 10.1 Å². The fourth-order valence-electron chi connectivity index (χ4n) is 2.15. The quantitative estimate of drug-likeness (QED) is 0.740. The van der Waals surface area contributed by atoms with Gasteiger partial charge in [0, 0.05) is 7.11 Å². The fourth-order valence-corrected chi connectivity index (χ4v) is 2.15. The number of anilines is 1. The molecule has 1 aromatic heterocycles. The molecule has 0 bridgehead atoms. The van der Waals surface area contributed by atoms with Gasteiger partial charge in [-0.05, 0) is 43.2 Å². The van der Waals surface area contributed by atoms with Gasteiger partial charge >= 0.3 is 0 Å². The number of hydrogen-bond donors (Lipinski definition) is 1. The van der Waals surface area contributed by atoms with Crippen LogP contribution in [0.3, 0.4) is 0 Å². The van der Waals surface area contributed by atoms with E-state index < -0.39 is 0 Å². The summed E-state index contributed by atoms with van der Waals surface area (Å²) in [5, 5.41) is 3.49. The predicted molar refractivity (Wildman–Crippen MR) is 83.9 cm³/mol. The Kier molecular flexibility index (Phi) is 5.69. The highest BCUT2D eigenvalue weighted by molar-refractivity contribution is 5.58. The van der Waals surface area contributed by atoms with Crippen molar-refractivity contribution in [3.05, 3.63) is 47.9 Å². The molecule has 21 heavy (non-hydrogen) atoms. The Morgan fingerprint density at radius 1 is 1.24 bits per heavy atom. The van der Waals surface area contributed by atoms with Crippen molar-refractivity contribution in [3.63, 3.8) is 0 Å². The molecular formula is C17H23NO3. The minimum Gasteiger partial charge on any atom is -0.489 e. The highest BCUT2D eigenvalue weighted by Crippen LogP contribution is 2.31. The molecule has 4 nitrogen and oxygen atoms in total. The standard InChI is InChI=1S/C17H23NO3/c1-4-14(16-6-5-9-20-16)18-15-8-7-13(2)12-17(15)21-11-10-19-3/h5-9,12,14,18H,4,10-11H2,1-3H3. The number of aryl methyl sites for hydroxylation is 1. The Hall–Kier alpha value is -1.94. The minimum absolute atomic E-state index is 0.132. The molecule has 2 aromatic rings. The summed E-state index contributed by atoms with van der Waals surface area (Å²) in [6.07, 6.45) is 2.63. The van der Waals surface area contributed by atoms with E-state index in [4.69, 9.17) is 13.9 Å². The van der Waals surface area contributed by atoms with E-state index in [1.807, 2.05) is 24.3 Å². The van der Waals surface area contributed by atoms with Crippen molar-refractivity contribution in [2.75, 3.05) is 25.6 Å². The van der Waals surface area contributed by atoms with E-state index in [-0.39, 0.29) is 6.04 Å². The van der Waals surface area contributed by atoms with Crippen LogP contribution in [0, 0.1) is 6.92 Å². The first-order valence-corrected chi connectivity index (χ1v) is 7.27. The van der Waals surface area contributed by atoms with Gasteiger partial charge in [0.15, 0.2) is 0 Å². The first kappa shape index (κ1) is 15.4. The van der Waals surface area contributed by atoms with Crippen molar-refractivity contribution in [2.45, 2.75) is 26.3 Å². The van der Waals surface area contributed by atoms with Crippen LogP contribution in [0.5, 0.6) is 5.75 Å². The van der Waals surface area contributed by atoms with E-state index in [0.717, 1.165) is 23.6 Å². The molecule has 0 spiro atoms. The number of methoxy groups -OCH3 is 1. The lowest BCUT2D eigenvalue weighted by molar-refractivity contribution is 0.146. The summed E-state index contributed by atoms with van der Waals surface area (Å²) in [6.45, 7) is 5.28. The number of furan rings is 1. The molecule has 1 aromatic carbocycles. The zero-order valence-electron chi connectivity index (χ0n) is 12.9. The minimum atomic E-state index is 0.132. The van der Waals surface area contributed by atoms with Crippen molar-refractivity contribution < 1.29 is 13.9 Å². The summed E-state index contributed by atoms with van der Waals surface area (Å²) in [4.78, 5) is 0. The summed E-state index contributed by atoms with van der Waals surface area (Å²) in [7, 11) is 1.67. The molecule has 0 saturated carbocycles. The third-order valence-corrected chi connectivity index (χ3v) is 3.31. The van der Waals surface area contributed by atoms with Gasteiger partial charge in [0.2, 0.25) is 0 Å². The van der Waals surface area contributed by atoms with E-state index >= 15 is 0 Å². The van der Waals surface area contributed by atoms with Crippen LogP contribution in [-0.2, 0) is 4.74 Å². The molecule has 1 N–H and O–H groups in total. The van der Waals surface area contributed by atoms with Gasteiger partial charge in [-0.1, -0.05) is 13.0 Å². The average Bonchev–Trinajstić information content (AvgIpc) is 3.01. The zero-order chi connectivity index (χ0) is 15.1. The maximum atomic E-state index is 5.80.